The first-order chi connectivity index (χ1) is 9.84. The van der Waals surface area contributed by atoms with Crippen molar-refractivity contribution in [1.29, 1.82) is 0 Å². The number of para-hydroxylation sites is 1. The van der Waals surface area contributed by atoms with E-state index in [0.29, 0.717) is 18.7 Å². The van der Waals surface area contributed by atoms with Gasteiger partial charge in [-0.05, 0) is 11.6 Å². The first-order valence-corrected chi connectivity index (χ1v) is 6.59. The zero-order valence-corrected chi connectivity index (χ0v) is 11.0. The SMILES string of the molecule is O=C(OCc1ccccc1)C1=CCNc2ccccc21. The number of esters is 1. The van der Waals surface area contributed by atoms with Crippen LogP contribution in [0.4, 0.5) is 5.69 Å². The third-order valence-electron chi connectivity index (χ3n) is 3.25. The minimum Gasteiger partial charge on any atom is -0.457 e. The lowest BCUT2D eigenvalue weighted by Gasteiger charge is -2.18. The van der Waals surface area contributed by atoms with Crippen LogP contribution in [0.5, 0.6) is 0 Å². The Hall–Kier alpha value is -2.55. The van der Waals surface area contributed by atoms with Gasteiger partial charge >= 0.3 is 5.97 Å². The average Bonchev–Trinajstić information content (AvgIpc) is 2.53. The number of ether oxygens (including phenoxy) is 1. The highest BCUT2D eigenvalue weighted by atomic mass is 16.5. The molecule has 0 saturated heterocycles. The van der Waals surface area contributed by atoms with Gasteiger partial charge in [0.1, 0.15) is 6.61 Å². The Labute approximate surface area is 117 Å². The highest BCUT2D eigenvalue weighted by Crippen LogP contribution is 2.28. The minimum atomic E-state index is -0.275. The summed E-state index contributed by atoms with van der Waals surface area (Å²) < 4.78 is 5.39. The molecule has 0 amide bonds. The van der Waals surface area contributed by atoms with Crippen LogP contribution in [-0.4, -0.2) is 12.5 Å². The molecule has 0 radical (unpaired) electrons. The fourth-order valence-electron chi connectivity index (χ4n) is 2.24. The van der Waals surface area contributed by atoms with Gasteiger partial charge in [0.05, 0.1) is 5.57 Å². The summed E-state index contributed by atoms with van der Waals surface area (Å²) in [6, 6.07) is 17.5. The van der Waals surface area contributed by atoms with E-state index >= 15 is 0 Å². The molecule has 1 aliphatic rings. The number of benzene rings is 2. The Balaban J connectivity index is 1.73. The quantitative estimate of drug-likeness (QED) is 0.866. The van der Waals surface area contributed by atoms with Gasteiger partial charge in [-0.1, -0.05) is 54.6 Å². The van der Waals surface area contributed by atoms with Crippen molar-refractivity contribution in [3.8, 4) is 0 Å². The van der Waals surface area contributed by atoms with E-state index in [1.165, 1.54) is 0 Å². The minimum absolute atomic E-state index is 0.275. The molecule has 0 bridgehead atoms. The fourth-order valence-corrected chi connectivity index (χ4v) is 2.24. The summed E-state index contributed by atoms with van der Waals surface area (Å²) in [6.45, 7) is 0.944. The van der Waals surface area contributed by atoms with Crippen LogP contribution in [0.25, 0.3) is 5.57 Å². The smallest absolute Gasteiger partial charge is 0.338 e. The van der Waals surface area contributed by atoms with Gasteiger partial charge in [-0.15, -0.1) is 0 Å². The van der Waals surface area contributed by atoms with Crippen LogP contribution >= 0.6 is 0 Å². The van der Waals surface area contributed by atoms with Crippen molar-refractivity contribution in [1.82, 2.24) is 0 Å². The second-order valence-corrected chi connectivity index (χ2v) is 4.61. The summed E-state index contributed by atoms with van der Waals surface area (Å²) in [4.78, 5) is 12.2. The van der Waals surface area contributed by atoms with Gasteiger partial charge in [0, 0.05) is 17.8 Å². The molecule has 0 aromatic heterocycles. The summed E-state index contributed by atoms with van der Waals surface area (Å²) in [5.74, 6) is -0.275. The van der Waals surface area contributed by atoms with E-state index in [9.17, 15) is 4.79 Å². The molecule has 0 unspecified atom stereocenters. The summed E-state index contributed by atoms with van der Waals surface area (Å²) in [7, 11) is 0. The van der Waals surface area contributed by atoms with E-state index in [4.69, 9.17) is 4.74 Å². The average molecular weight is 265 g/mol. The van der Waals surface area contributed by atoms with E-state index in [1.54, 1.807) is 0 Å². The zero-order valence-electron chi connectivity index (χ0n) is 11.0. The van der Waals surface area contributed by atoms with E-state index in [-0.39, 0.29) is 5.97 Å². The van der Waals surface area contributed by atoms with Gasteiger partial charge in [0.25, 0.3) is 0 Å². The summed E-state index contributed by atoms with van der Waals surface area (Å²) in [6.07, 6.45) is 1.87. The number of rotatable bonds is 3. The van der Waals surface area contributed by atoms with Gasteiger partial charge < -0.3 is 10.1 Å². The molecule has 2 aromatic carbocycles. The molecular formula is C17H15NO2. The first-order valence-electron chi connectivity index (χ1n) is 6.59. The Kier molecular flexibility index (Phi) is 3.50. The van der Waals surface area contributed by atoms with Crippen molar-refractivity contribution >= 4 is 17.2 Å². The molecule has 1 heterocycles. The van der Waals surface area contributed by atoms with Crippen LogP contribution < -0.4 is 5.32 Å². The number of nitrogens with one attached hydrogen (secondary N) is 1. The summed E-state index contributed by atoms with van der Waals surface area (Å²) >= 11 is 0. The van der Waals surface area contributed by atoms with E-state index in [1.807, 2.05) is 60.7 Å². The topological polar surface area (TPSA) is 38.3 Å². The molecule has 2 aromatic rings. The molecule has 1 N–H and O–H groups in total. The molecule has 0 spiro atoms. The highest BCUT2D eigenvalue weighted by molar-refractivity contribution is 6.18. The van der Waals surface area contributed by atoms with Crippen LogP contribution in [-0.2, 0) is 16.1 Å². The van der Waals surface area contributed by atoms with Crippen LogP contribution in [0.1, 0.15) is 11.1 Å². The van der Waals surface area contributed by atoms with E-state index in [0.717, 1.165) is 16.8 Å². The van der Waals surface area contributed by atoms with E-state index < -0.39 is 0 Å². The summed E-state index contributed by atoms with van der Waals surface area (Å²) in [5.41, 5.74) is 3.50. The van der Waals surface area contributed by atoms with Gasteiger partial charge in [-0.3, -0.25) is 0 Å². The highest BCUT2D eigenvalue weighted by Gasteiger charge is 2.19. The third kappa shape index (κ3) is 2.57. The maximum absolute atomic E-state index is 12.2. The second-order valence-electron chi connectivity index (χ2n) is 4.61. The lowest BCUT2D eigenvalue weighted by molar-refractivity contribution is -0.137. The van der Waals surface area contributed by atoms with Crippen molar-refractivity contribution in [2.75, 3.05) is 11.9 Å². The number of hydrogen-bond acceptors (Lipinski definition) is 3. The van der Waals surface area contributed by atoms with Gasteiger partial charge in [-0.25, -0.2) is 4.79 Å². The van der Waals surface area contributed by atoms with Crippen molar-refractivity contribution in [2.24, 2.45) is 0 Å². The van der Waals surface area contributed by atoms with Crippen molar-refractivity contribution in [2.45, 2.75) is 6.61 Å². The fraction of sp³-hybridized carbons (Fsp3) is 0.118. The normalized spacial score (nSPS) is 12.9. The van der Waals surface area contributed by atoms with Crippen LogP contribution in [0.2, 0.25) is 0 Å². The van der Waals surface area contributed by atoms with Crippen molar-refractivity contribution < 1.29 is 9.53 Å². The Bertz CT molecular complexity index is 647. The van der Waals surface area contributed by atoms with Crippen LogP contribution in [0.3, 0.4) is 0 Å². The number of anilines is 1. The number of carbonyl (C=O) groups excluding carboxylic acids is 1. The molecular weight excluding hydrogens is 250 g/mol. The Morgan fingerprint density at radius 1 is 1.05 bits per heavy atom. The van der Waals surface area contributed by atoms with Crippen LogP contribution in [0, 0.1) is 0 Å². The van der Waals surface area contributed by atoms with Crippen molar-refractivity contribution in [3.05, 3.63) is 71.8 Å². The van der Waals surface area contributed by atoms with Gasteiger partial charge in [0.2, 0.25) is 0 Å². The molecule has 3 rings (SSSR count). The van der Waals surface area contributed by atoms with Crippen molar-refractivity contribution in [3.63, 3.8) is 0 Å². The summed E-state index contributed by atoms with van der Waals surface area (Å²) in [5, 5.41) is 3.24. The monoisotopic (exact) mass is 265 g/mol. The molecule has 3 nitrogen and oxygen atoms in total. The maximum Gasteiger partial charge on any atom is 0.338 e. The lowest BCUT2D eigenvalue weighted by atomic mass is 10.0. The molecule has 100 valence electrons. The molecule has 3 heteroatoms. The zero-order chi connectivity index (χ0) is 13.8. The Morgan fingerprint density at radius 2 is 1.80 bits per heavy atom. The predicted octanol–water partition coefficient (Wildman–Crippen LogP) is 3.24. The number of fused-ring (bicyclic) bond motifs is 1. The molecule has 20 heavy (non-hydrogen) atoms. The molecule has 0 saturated carbocycles. The second kappa shape index (κ2) is 5.61. The predicted molar refractivity (Wildman–Crippen MR) is 79.1 cm³/mol. The standard InChI is InChI=1S/C17H15NO2/c19-17(20-12-13-6-2-1-3-7-13)15-10-11-18-16-9-5-4-8-14(15)16/h1-10,18H,11-12H2. The molecule has 0 atom stereocenters. The lowest BCUT2D eigenvalue weighted by Crippen LogP contribution is -2.15. The number of carbonyl (C=O) groups is 1. The largest absolute Gasteiger partial charge is 0.457 e. The molecule has 0 fully saturated rings. The molecule has 1 aliphatic heterocycles. The third-order valence-corrected chi connectivity index (χ3v) is 3.25. The van der Waals surface area contributed by atoms with Gasteiger partial charge in [0.15, 0.2) is 0 Å². The van der Waals surface area contributed by atoms with Gasteiger partial charge in [-0.2, -0.15) is 0 Å². The first kappa shape index (κ1) is 12.5. The maximum atomic E-state index is 12.2. The van der Waals surface area contributed by atoms with Crippen LogP contribution in [0.15, 0.2) is 60.7 Å². The Morgan fingerprint density at radius 3 is 2.65 bits per heavy atom. The molecule has 0 aliphatic carbocycles. The number of hydrogen-bond donors (Lipinski definition) is 1. The van der Waals surface area contributed by atoms with E-state index in [2.05, 4.69) is 5.32 Å².